The van der Waals surface area contributed by atoms with E-state index in [0.29, 0.717) is 5.75 Å². The highest BCUT2D eigenvalue weighted by Crippen LogP contribution is 2.33. The molecule has 1 aromatic carbocycles. The molecule has 0 fully saturated rings. The molecule has 0 spiro atoms. The lowest BCUT2D eigenvalue weighted by molar-refractivity contribution is 0.0536. The molecule has 0 aromatic heterocycles. The predicted octanol–water partition coefficient (Wildman–Crippen LogP) is 2.03. The van der Waals surface area contributed by atoms with Gasteiger partial charge in [0.1, 0.15) is 5.75 Å². The molecule has 1 unspecified atom stereocenters. The maximum atomic E-state index is 9.55. The van der Waals surface area contributed by atoms with Crippen LogP contribution in [0.4, 0.5) is 0 Å². The van der Waals surface area contributed by atoms with Crippen LogP contribution < -0.4 is 0 Å². The third-order valence-electron chi connectivity index (χ3n) is 2.32. The highest BCUT2D eigenvalue weighted by molar-refractivity contribution is 5.41. The van der Waals surface area contributed by atoms with Gasteiger partial charge >= 0.3 is 0 Å². The molecule has 0 aliphatic carbocycles. The van der Waals surface area contributed by atoms with Crippen LogP contribution in [0.2, 0.25) is 0 Å². The summed E-state index contributed by atoms with van der Waals surface area (Å²) in [6, 6.07) is 5.64. The van der Waals surface area contributed by atoms with Crippen LogP contribution in [0.5, 0.6) is 5.75 Å². The predicted molar refractivity (Wildman–Crippen MR) is 46.2 cm³/mol. The number of hydrogen-bond acceptors (Lipinski definition) is 2. The van der Waals surface area contributed by atoms with Crippen LogP contribution in [0.15, 0.2) is 18.2 Å². The molecule has 1 heterocycles. The molecule has 64 valence electrons. The van der Waals surface area contributed by atoms with Crippen LogP contribution in [0.3, 0.4) is 0 Å². The SMILES string of the molecule is CC1OCCc2cccc(O)c21. The van der Waals surface area contributed by atoms with Gasteiger partial charge in [-0.2, -0.15) is 0 Å². The molecule has 2 nitrogen and oxygen atoms in total. The van der Waals surface area contributed by atoms with Crippen LogP contribution >= 0.6 is 0 Å². The Bertz CT molecular complexity index is 294. The lowest BCUT2D eigenvalue weighted by atomic mass is 9.97. The Labute approximate surface area is 71.8 Å². The van der Waals surface area contributed by atoms with Crippen LogP contribution in [0, 0.1) is 0 Å². The lowest BCUT2D eigenvalue weighted by Gasteiger charge is -2.23. The Morgan fingerprint density at radius 2 is 2.33 bits per heavy atom. The maximum absolute atomic E-state index is 9.55. The quantitative estimate of drug-likeness (QED) is 0.635. The fourth-order valence-electron chi connectivity index (χ4n) is 1.72. The Morgan fingerprint density at radius 1 is 1.50 bits per heavy atom. The van der Waals surface area contributed by atoms with E-state index in [-0.39, 0.29) is 6.10 Å². The average molecular weight is 164 g/mol. The molecule has 1 aliphatic rings. The molecule has 2 heteroatoms. The fraction of sp³-hybridized carbons (Fsp3) is 0.400. The molecule has 0 saturated carbocycles. The van der Waals surface area contributed by atoms with E-state index in [4.69, 9.17) is 4.74 Å². The second kappa shape index (κ2) is 2.79. The molecule has 1 aromatic rings. The Balaban J connectivity index is 2.53. The van der Waals surface area contributed by atoms with Crippen LogP contribution in [-0.2, 0) is 11.2 Å². The van der Waals surface area contributed by atoms with Crippen molar-refractivity contribution in [3.8, 4) is 5.75 Å². The molecule has 1 N–H and O–H groups in total. The number of rotatable bonds is 0. The van der Waals surface area contributed by atoms with Crippen LogP contribution in [0.25, 0.3) is 0 Å². The number of fused-ring (bicyclic) bond motifs is 1. The van der Waals surface area contributed by atoms with Gasteiger partial charge in [-0.3, -0.25) is 0 Å². The van der Waals surface area contributed by atoms with Crippen molar-refractivity contribution in [2.75, 3.05) is 6.61 Å². The van der Waals surface area contributed by atoms with Gasteiger partial charge in [0, 0.05) is 5.56 Å². The van der Waals surface area contributed by atoms with E-state index in [0.717, 1.165) is 18.6 Å². The van der Waals surface area contributed by atoms with E-state index in [2.05, 4.69) is 0 Å². The number of hydrogen-bond donors (Lipinski definition) is 1. The van der Waals surface area contributed by atoms with Gasteiger partial charge in [0.15, 0.2) is 0 Å². The number of ether oxygens (including phenoxy) is 1. The van der Waals surface area contributed by atoms with Crippen LogP contribution in [-0.4, -0.2) is 11.7 Å². The van der Waals surface area contributed by atoms with E-state index >= 15 is 0 Å². The molecular weight excluding hydrogens is 152 g/mol. The van der Waals surface area contributed by atoms with E-state index in [1.54, 1.807) is 6.07 Å². The van der Waals surface area contributed by atoms with Gasteiger partial charge in [-0.25, -0.2) is 0 Å². The summed E-state index contributed by atoms with van der Waals surface area (Å²) in [5.74, 6) is 0.361. The standard InChI is InChI=1S/C10H12O2/c1-7-10-8(5-6-12-7)3-2-4-9(10)11/h2-4,7,11H,5-6H2,1H3. The third kappa shape index (κ3) is 1.08. The Morgan fingerprint density at radius 3 is 3.08 bits per heavy atom. The largest absolute Gasteiger partial charge is 0.508 e. The molecule has 2 rings (SSSR count). The second-order valence-electron chi connectivity index (χ2n) is 3.11. The number of benzene rings is 1. The highest BCUT2D eigenvalue weighted by atomic mass is 16.5. The minimum Gasteiger partial charge on any atom is -0.508 e. The summed E-state index contributed by atoms with van der Waals surface area (Å²) in [4.78, 5) is 0. The molecule has 0 radical (unpaired) electrons. The van der Waals surface area contributed by atoms with E-state index in [1.165, 1.54) is 5.56 Å². The first kappa shape index (κ1) is 7.62. The van der Waals surface area contributed by atoms with Crippen molar-refractivity contribution in [3.05, 3.63) is 29.3 Å². The first-order valence-electron chi connectivity index (χ1n) is 4.21. The summed E-state index contributed by atoms with van der Waals surface area (Å²) in [5, 5.41) is 9.55. The lowest BCUT2D eigenvalue weighted by Crippen LogP contribution is -2.13. The normalized spacial score (nSPS) is 21.9. The van der Waals surface area contributed by atoms with Crippen molar-refractivity contribution in [2.45, 2.75) is 19.4 Å². The highest BCUT2D eigenvalue weighted by Gasteiger charge is 2.19. The molecule has 0 saturated heterocycles. The first-order valence-corrected chi connectivity index (χ1v) is 4.21. The van der Waals surface area contributed by atoms with Crippen molar-refractivity contribution < 1.29 is 9.84 Å². The Hall–Kier alpha value is -1.02. The van der Waals surface area contributed by atoms with Crippen LogP contribution in [0.1, 0.15) is 24.2 Å². The maximum Gasteiger partial charge on any atom is 0.121 e. The van der Waals surface area contributed by atoms with Gasteiger partial charge < -0.3 is 9.84 Å². The summed E-state index contributed by atoms with van der Waals surface area (Å²) in [7, 11) is 0. The zero-order valence-corrected chi connectivity index (χ0v) is 7.08. The zero-order valence-electron chi connectivity index (χ0n) is 7.08. The number of phenolic OH excluding ortho intramolecular Hbond substituents is 1. The van der Waals surface area contributed by atoms with Crippen molar-refractivity contribution in [1.29, 1.82) is 0 Å². The summed E-state index contributed by atoms with van der Waals surface area (Å²) in [6.07, 6.45) is 0.948. The topological polar surface area (TPSA) is 29.5 Å². The van der Waals surface area contributed by atoms with Gasteiger partial charge in [-0.05, 0) is 25.0 Å². The van der Waals surface area contributed by atoms with Crippen molar-refractivity contribution in [1.82, 2.24) is 0 Å². The summed E-state index contributed by atoms with van der Waals surface area (Å²) in [6.45, 7) is 2.73. The number of phenols is 1. The summed E-state index contributed by atoms with van der Waals surface area (Å²) in [5.41, 5.74) is 2.18. The minimum absolute atomic E-state index is 0.0370. The Kier molecular flexibility index (Phi) is 1.77. The molecule has 12 heavy (non-hydrogen) atoms. The average Bonchev–Trinajstić information content (AvgIpc) is 2.04. The van der Waals surface area contributed by atoms with Crippen molar-refractivity contribution >= 4 is 0 Å². The minimum atomic E-state index is 0.0370. The van der Waals surface area contributed by atoms with E-state index in [1.807, 2.05) is 19.1 Å². The molecule has 1 aliphatic heterocycles. The summed E-state index contributed by atoms with van der Waals surface area (Å²) >= 11 is 0. The molecule has 1 atom stereocenters. The van der Waals surface area contributed by atoms with Crippen molar-refractivity contribution in [2.24, 2.45) is 0 Å². The number of aromatic hydroxyl groups is 1. The first-order chi connectivity index (χ1) is 5.79. The summed E-state index contributed by atoms with van der Waals surface area (Å²) < 4.78 is 5.43. The second-order valence-corrected chi connectivity index (χ2v) is 3.11. The zero-order chi connectivity index (χ0) is 8.55. The van der Waals surface area contributed by atoms with Gasteiger partial charge in [-0.1, -0.05) is 12.1 Å². The van der Waals surface area contributed by atoms with E-state index < -0.39 is 0 Å². The fourth-order valence-corrected chi connectivity index (χ4v) is 1.72. The molecular formula is C10H12O2. The van der Waals surface area contributed by atoms with Gasteiger partial charge in [0.2, 0.25) is 0 Å². The van der Waals surface area contributed by atoms with Gasteiger partial charge in [0.05, 0.1) is 12.7 Å². The molecule has 0 bridgehead atoms. The van der Waals surface area contributed by atoms with Crippen molar-refractivity contribution in [3.63, 3.8) is 0 Å². The third-order valence-corrected chi connectivity index (χ3v) is 2.32. The molecule has 0 amide bonds. The van der Waals surface area contributed by atoms with Gasteiger partial charge in [-0.15, -0.1) is 0 Å². The van der Waals surface area contributed by atoms with E-state index in [9.17, 15) is 5.11 Å². The van der Waals surface area contributed by atoms with Gasteiger partial charge in [0.25, 0.3) is 0 Å². The monoisotopic (exact) mass is 164 g/mol. The smallest absolute Gasteiger partial charge is 0.121 e.